The molecule has 0 bridgehead atoms. The number of anilines is 1. The van der Waals surface area contributed by atoms with Gasteiger partial charge >= 0.3 is 0 Å². The lowest BCUT2D eigenvalue weighted by atomic mass is 9.93. The molecule has 0 aliphatic carbocycles. The van der Waals surface area contributed by atoms with Crippen molar-refractivity contribution in [1.82, 2.24) is 5.01 Å². The van der Waals surface area contributed by atoms with E-state index in [0.29, 0.717) is 11.8 Å². The number of amides is 1. The Hall–Kier alpha value is -2.56. The summed E-state index contributed by atoms with van der Waals surface area (Å²) in [6, 6.07) is 26.7. The van der Waals surface area contributed by atoms with Crippen LogP contribution in [0.2, 0.25) is 0 Å². The first-order valence-corrected chi connectivity index (χ1v) is 10.9. The lowest BCUT2D eigenvalue weighted by Gasteiger charge is -2.30. The van der Waals surface area contributed by atoms with E-state index in [-0.39, 0.29) is 11.8 Å². The fourth-order valence-corrected chi connectivity index (χ4v) is 4.89. The largest absolute Gasteiger partial charge is 0.272 e. The van der Waals surface area contributed by atoms with E-state index in [9.17, 15) is 4.79 Å². The molecule has 0 saturated heterocycles. The number of hydrogen-bond donors (Lipinski definition) is 0. The molecule has 0 N–H and O–H groups in total. The number of hydrogen-bond acceptors (Lipinski definition) is 3. The van der Waals surface area contributed by atoms with Gasteiger partial charge in [0.05, 0.1) is 11.6 Å². The molecule has 0 fully saturated rings. The maximum Gasteiger partial charge on any atom is 0.253 e. The van der Waals surface area contributed by atoms with E-state index in [1.165, 1.54) is 10.5 Å². The molecule has 1 unspecified atom stereocenters. The second-order valence-electron chi connectivity index (χ2n) is 7.64. The van der Waals surface area contributed by atoms with Gasteiger partial charge in [0.2, 0.25) is 0 Å². The predicted molar refractivity (Wildman–Crippen MR) is 121 cm³/mol. The quantitative estimate of drug-likeness (QED) is 0.493. The van der Waals surface area contributed by atoms with Crippen molar-refractivity contribution in [3.63, 3.8) is 0 Å². The zero-order valence-corrected chi connectivity index (χ0v) is 17.9. The minimum Gasteiger partial charge on any atom is -0.272 e. The zero-order chi connectivity index (χ0) is 20.4. The second-order valence-corrected chi connectivity index (χ2v) is 9.26. The molecule has 0 radical (unpaired) electrons. The van der Waals surface area contributed by atoms with Crippen LogP contribution in [0.3, 0.4) is 0 Å². The van der Waals surface area contributed by atoms with Crippen LogP contribution in [0.5, 0.6) is 0 Å². The molecule has 29 heavy (non-hydrogen) atoms. The number of benzene rings is 3. The normalized spacial score (nSPS) is 16.0. The third kappa shape index (κ3) is 3.96. The molecule has 1 heterocycles. The van der Waals surface area contributed by atoms with Gasteiger partial charge in [-0.3, -0.25) is 4.79 Å². The molecular weight excluding hydrogens is 376 g/mol. The lowest BCUT2D eigenvalue weighted by molar-refractivity contribution is -0.121. The van der Waals surface area contributed by atoms with Crippen molar-refractivity contribution >= 4 is 23.4 Å². The number of carbonyl (C=O) groups excluding carboxylic acids is 1. The van der Waals surface area contributed by atoms with Crippen molar-refractivity contribution in [3.8, 4) is 0 Å². The van der Waals surface area contributed by atoms with Crippen molar-refractivity contribution < 1.29 is 4.79 Å². The van der Waals surface area contributed by atoms with Crippen molar-refractivity contribution in [1.29, 1.82) is 0 Å². The molecule has 1 amide bonds. The van der Waals surface area contributed by atoms with Gasteiger partial charge in [-0.1, -0.05) is 80.6 Å². The molecule has 148 valence electrons. The molecule has 1 aliphatic rings. The van der Waals surface area contributed by atoms with Crippen LogP contribution >= 0.6 is 11.8 Å². The Balaban J connectivity index is 1.66. The Morgan fingerprint density at radius 1 is 0.931 bits per heavy atom. The summed E-state index contributed by atoms with van der Waals surface area (Å²) in [7, 11) is 2.00. The zero-order valence-electron chi connectivity index (χ0n) is 17.1. The Labute approximate surface area is 177 Å². The number of para-hydroxylation sites is 1. The van der Waals surface area contributed by atoms with Crippen molar-refractivity contribution in [2.75, 3.05) is 12.1 Å². The maximum absolute atomic E-state index is 13.5. The molecule has 3 aromatic carbocycles. The number of fused-ring (bicyclic) bond motifs is 1. The van der Waals surface area contributed by atoms with E-state index in [4.69, 9.17) is 0 Å². The summed E-state index contributed by atoms with van der Waals surface area (Å²) in [4.78, 5) is 14.8. The highest BCUT2D eigenvalue weighted by molar-refractivity contribution is 8.00. The summed E-state index contributed by atoms with van der Waals surface area (Å²) in [5.41, 5.74) is 4.32. The predicted octanol–water partition coefficient (Wildman–Crippen LogP) is 5.71. The average Bonchev–Trinajstić information content (AvgIpc) is 3.01. The van der Waals surface area contributed by atoms with Gasteiger partial charge in [-0.25, -0.2) is 10.0 Å². The van der Waals surface area contributed by atoms with E-state index in [1.807, 2.05) is 77.4 Å². The van der Waals surface area contributed by atoms with Gasteiger partial charge in [0.1, 0.15) is 0 Å². The number of thioether (sulfide) groups is 1. The van der Waals surface area contributed by atoms with Crippen molar-refractivity contribution in [2.24, 2.45) is 0 Å². The van der Waals surface area contributed by atoms with Crippen LogP contribution in [-0.4, -0.2) is 23.2 Å². The van der Waals surface area contributed by atoms with E-state index >= 15 is 0 Å². The monoisotopic (exact) mass is 402 g/mol. The molecular formula is C25H26N2OS. The van der Waals surface area contributed by atoms with Crippen LogP contribution < -0.4 is 5.01 Å². The standard InChI is InChI=1S/C25H26N2OS/c1-18(2)29-23-16-10-7-13-20(23)17-26(3)27-22-15-9-8-14-21(22)24(25(27)28)19-11-5-4-6-12-19/h4-16,18,24H,17H2,1-3H3. The van der Waals surface area contributed by atoms with E-state index in [0.717, 1.165) is 16.8 Å². The van der Waals surface area contributed by atoms with E-state index in [2.05, 4.69) is 44.2 Å². The third-order valence-corrected chi connectivity index (χ3v) is 6.26. The molecule has 0 spiro atoms. The SMILES string of the molecule is CC(C)Sc1ccccc1CN(C)N1C(=O)C(c2ccccc2)c2ccccc21. The van der Waals surface area contributed by atoms with Crippen LogP contribution in [0, 0.1) is 0 Å². The summed E-state index contributed by atoms with van der Waals surface area (Å²) < 4.78 is 0. The van der Waals surface area contributed by atoms with Crippen LogP contribution in [0.15, 0.2) is 83.8 Å². The summed E-state index contributed by atoms with van der Waals surface area (Å²) in [6.45, 7) is 5.09. The molecule has 1 aliphatic heterocycles. The summed E-state index contributed by atoms with van der Waals surface area (Å²) in [5.74, 6) is -0.149. The highest BCUT2D eigenvalue weighted by Gasteiger charge is 2.40. The smallest absolute Gasteiger partial charge is 0.253 e. The van der Waals surface area contributed by atoms with Gasteiger partial charge in [-0.15, -0.1) is 11.8 Å². The highest BCUT2D eigenvalue weighted by atomic mass is 32.2. The molecule has 4 rings (SSSR count). The third-order valence-electron chi connectivity index (χ3n) is 5.14. The first-order chi connectivity index (χ1) is 14.1. The fraction of sp³-hybridized carbons (Fsp3) is 0.240. The molecule has 3 aromatic rings. The topological polar surface area (TPSA) is 23.6 Å². The molecule has 1 atom stereocenters. The summed E-state index contributed by atoms with van der Waals surface area (Å²) in [5, 5.41) is 4.41. The van der Waals surface area contributed by atoms with E-state index < -0.39 is 0 Å². The Kier molecular flexibility index (Phi) is 5.74. The second kappa shape index (κ2) is 8.44. The Morgan fingerprint density at radius 3 is 2.34 bits per heavy atom. The number of carbonyl (C=O) groups is 1. The minimum absolute atomic E-state index is 0.105. The Bertz CT molecular complexity index is 1000. The number of rotatable bonds is 6. The van der Waals surface area contributed by atoms with E-state index in [1.54, 1.807) is 0 Å². The summed E-state index contributed by atoms with van der Waals surface area (Å²) in [6.07, 6.45) is 0. The van der Waals surface area contributed by atoms with Crippen LogP contribution in [0.25, 0.3) is 0 Å². The first-order valence-electron chi connectivity index (χ1n) is 9.99. The first kappa shape index (κ1) is 19.7. The van der Waals surface area contributed by atoms with Crippen LogP contribution in [-0.2, 0) is 11.3 Å². The number of hydrazine groups is 1. The van der Waals surface area contributed by atoms with Gasteiger partial charge in [0.15, 0.2) is 0 Å². The number of nitrogens with zero attached hydrogens (tertiary/aromatic N) is 2. The minimum atomic E-state index is -0.255. The van der Waals surface area contributed by atoms with Crippen molar-refractivity contribution in [3.05, 3.63) is 95.6 Å². The maximum atomic E-state index is 13.5. The van der Waals surface area contributed by atoms with Gasteiger partial charge < -0.3 is 0 Å². The summed E-state index contributed by atoms with van der Waals surface area (Å²) >= 11 is 1.86. The van der Waals surface area contributed by atoms with Gasteiger partial charge in [-0.05, 0) is 28.8 Å². The van der Waals surface area contributed by atoms with Gasteiger partial charge in [0, 0.05) is 23.7 Å². The average molecular weight is 403 g/mol. The molecule has 3 nitrogen and oxygen atoms in total. The van der Waals surface area contributed by atoms with Gasteiger partial charge in [0.25, 0.3) is 5.91 Å². The van der Waals surface area contributed by atoms with Crippen LogP contribution in [0.1, 0.15) is 36.5 Å². The van der Waals surface area contributed by atoms with Gasteiger partial charge in [-0.2, -0.15) is 0 Å². The molecule has 0 saturated carbocycles. The highest BCUT2D eigenvalue weighted by Crippen LogP contribution is 2.42. The Morgan fingerprint density at radius 2 is 1.59 bits per heavy atom. The van der Waals surface area contributed by atoms with Crippen molar-refractivity contribution in [2.45, 2.75) is 36.5 Å². The van der Waals surface area contributed by atoms with Crippen LogP contribution in [0.4, 0.5) is 5.69 Å². The fourth-order valence-electron chi connectivity index (χ4n) is 3.94. The lowest BCUT2D eigenvalue weighted by Crippen LogP contribution is -2.42. The molecule has 0 aromatic heterocycles. The molecule has 4 heteroatoms.